The first-order chi connectivity index (χ1) is 13.2. The number of benzene rings is 1. The summed E-state index contributed by atoms with van der Waals surface area (Å²) in [7, 11) is 4.95. The number of nitrogens with zero attached hydrogens (tertiary/aromatic N) is 2. The lowest BCUT2D eigenvalue weighted by molar-refractivity contribution is 0.0264. The van der Waals surface area contributed by atoms with Crippen LogP contribution in [-0.2, 0) is 6.54 Å². The highest BCUT2D eigenvalue weighted by atomic mass is 16.5. The number of ether oxygens (including phenoxy) is 3. The Morgan fingerprint density at radius 1 is 1.00 bits per heavy atom. The summed E-state index contributed by atoms with van der Waals surface area (Å²) < 4.78 is 16.6. The minimum Gasteiger partial charge on any atom is -0.493 e. The summed E-state index contributed by atoms with van der Waals surface area (Å²) in [5, 5.41) is 9.57. The van der Waals surface area contributed by atoms with Crippen molar-refractivity contribution in [2.45, 2.75) is 50.7 Å². The molecule has 1 heterocycles. The molecule has 1 aliphatic carbocycles. The fraction of sp³-hybridized carbons (Fsp3) is 0.714. The predicted octanol–water partition coefficient (Wildman–Crippen LogP) is 2.52. The standard InChI is InChI=1S/C21H34N2O4/c1-25-19-9-8-16(20(26-2)21(19)27-3)14-22-11-12-23(17-6-4-5-7-17)18(15-22)10-13-24/h8-9,17-18,24H,4-7,10-15H2,1-3H3/t18-/m0/s1. The lowest BCUT2D eigenvalue weighted by atomic mass is 10.0. The summed E-state index contributed by atoms with van der Waals surface area (Å²) in [6.07, 6.45) is 6.16. The molecule has 3 rings (SSSR count). The van der Waals surface area contributed by atoms with Crippen LogP contribution >= 0.6 is 0 Å². The number of rotatable bonds is 8. The van der Waals surface area contributed by atoms with Crippen molar-refractivity contribution >= 4 is 0 Å². The SMILES string of the molecule is COc1ccc(CN2CCN(C3CCCC3)[C@@H](CCO)C2)c(OC)c1OC. The third-order valence-electron chi connectivity index (χ3n) is 6.05. The largest absolute Gasteiger partial charge is 0.493 e. The van der Waals surface area contributed by atoms with Crippen molar-refractivity contribution in [3.05, 3.63) is 17.7 Å². The van der Waals surface area contributed by atoms with Crippen LogP contribution in [0.15, 0.2) is 12.1 Å². The molecule has 2 fully saturated rings. The Balaban J connectivity index is 1.72. The summed E-state index contributed by atoms with van der Waals surface area (Å²) in [6.45, 7) is 4.15. The Bertz CT molecular complexity index is 604. The molecule has 1 aliphatic heterocycles. The van der Waals surface area contributed by atoms with Gasteiger partial charge in [-0.25, -0.2) is 0 Å². The fourth-order valence-corrected chi connectivity index (χ4v) is 4.73. The average Bonchev–Trinajstić information content (AvgIpc) is 3.22. The smallest absolute Gasteiger partial charge is 0.203 e. The molecule has 1 N–H and O–H groups in total. The lowest BCUT2D eigenvalue weighted by Crippen LogP contribution is -2.56. The number of aliphatic hydroxyl groups is 1. The summed E-state index contributed by atoms with van der Waals surface area (Å²) >= 11 is 0. The Labute approximate surface area is 163 Å². The molecule has 1 saturated carbocycles. The predicted molar refractivity (Wildman–Crippen MR) is 106 cm³/mol. The molecule has 27 heavy (non-hydrogen) atoms. The monoisotopic (exact) mass is 378 g/mol. The van der Waals surface area contributed by atoms with Gasteiger partial charge in [0.05, 0.1) is 21.3 Å². The van der Waals surface area contributed by atoms with Crippen molar-refractivity contribution in [2.24, 2.45) is 0 Å². The van der Waals surface area contributed by atoms with Gasteiger partial charge in [-0.2, -0.15) is 0 Å². The highest BCUT2D eigenvalue weighted by molar-refractivity contribution is 5.55. The first-order valence-electron chi connectivity index (χ1n) is 10.1. The van der Waals surface area contributed by atoms with Gasteiger partial charge in [-0.1, -0.05) is 18.9 Å². The Kier molecular flexibility index (Phi) is 7.21. The van der Waals surface area contributed by atoms with Gasteiger partial charge in [-0.05, 0) is 25.3 Å². The molecular formula is C21H34N2O4. The third kappa shape index (κ3) is 4.50. The van der Waals surface area contributed by atoms with E-state index in [4.69, 9.17) is 14.2 Å². The van der Waals surface area contributed by atoms with Crippen LogP contribution in [0.4, 0.5) is 0 Å². The molecule has 0 amide bonds. The molecule has 152 valence electrons. The molecule has 1 atom stereocenters. The normalized spacial score (nSPS) is 22.1. The zero-order valence-electron chi connectivity index (χ0n) is 16.9. The van der Waals surface area contributed by atoms with Crippen molar-refractivity contribution in [1.82, 2.24) is 9.80 Å². The molecule has 1 aromatic carbocycles. The van der Waals surface area contributed by atoms with Gasteiger partial charge >= 0.3 is 0 Å². The Morgan fingerprint density at radius 3 is 2.37 bits per heavy atom. The minimum absolute atomic E-state index is 0.251. The van der Waals surface area contributed by atoms with Crippen LogP contribution in [0, 0.1) is 0 Å². The van der Waals surface area contributed by atoms with E-state index in [1.165, 1.54) is 25.7 Å². The zero-order valence-corrected chi connectivity index (χ0v) is 16.9. The van der Waals surface area contributed by atoms with Gasteiger partial charge < -0.3 is 19.3 Å². The molecule has 0 spiro atoms. The second-order valence-electron chi connectivity index (χ2n) is 7.57. The van der Waals surface area contributed by atoms with Crippen molar-refractivity contribution in [3.63, 3.8) is 0 Å². The first kappa shape index (κ1) is 20.2. The van der Waals surface area contributed by atoms with Gasteiger partial charge in [0.15, 0.2) is 11.5 Å². The molecule has 6 heteroatoms. The number of hydrogen-bond acceptors (Lipinski definition) is 6. The molecule has 2 aliphatic rings. The molecule has 0 bridgehead atoms. The van der Waals surface area contributed by atoms with E-state index >= 15 is 0 Å². The molecule has 6 nitrogen and oxygen atoms in total. The van der Waals surface area contributed by atoms with Gasteiger partial charge in [0.2, 0.25) is 5.75 Å². The van der Waals surface area contributed by atoms with E-state index in [0.717, 1.165) is 43.9 Å². The maximum Gasteiger partial charge on any atom is 0.203 e. The number of piperazine rings is 1. The Morgan fingerprint density at radius 2 is 1.74 bits per heavy atom. The molecule has 1 saturated heterocycles. The van der Waals surface area contributed by atoms with E-state index < -0.39 is 0 Å². The summed E-state index contributed by atoms with van der Waals surface area (Å²) in [5.41, 5.74) is 1.10. The number of aliphatic hydroxyl groups excluding tert-OH is 1. The maximum absolute atomic E-state index is 9.57. The van der Waals surface area contributed by atoms with Gasteiger partial charge in [-0.3, -0.25) is 9.80 Å². The minimum atomic E-state index is 0.251. The number of methoxy groups -OCH3 is 3. The van der Waals surface area contributed by atoms with Crippen molar-refractivity contribution in [1.29, 1.82) is 0 Å². The molecule has 0 unspecified atom stereocenters. The van der Waals surface area contributed by atoms with Crippen LogP contribution in [0.5, 0.6) is 17.2 Å². The summed E-state index contributed by atoms with van der Waals surface area (Å²) in [6, 6.07) is 5.14. The second-order valence-corrected chi connectivity index (χ2v) is 7.57. The van der Waals surface area contributed by atoms with E-state index in [9.17, 15) is 5.11 Å². The molecule has 0 aromatic heterocycles. The summed E-state index contributed by atoms with van der Waals surface area (Å²) in [4.78, 5) is 5.13. The van der Waals surface area contributed by atoms with Gasteiger partial charge in [0.1, 0.15) is 0 Å². The van der Waals surface area contributed by atoms with E-state index in [2.05, 4.69) is 15.9 Å². The lowest BCUT2D eigenvalue weighted by Gasteiger charge is -2.44. The quantitative estimate of drug-likeness (QED) is 0.750. The second kappa shape index (κ2) is 9.62. The van der Waals surface area contributed by atoms with Crippen LogP contribution in [0.25, 0.3) is 0 Å². The molecule has 0 radical (unpaired) electrons. The summed E-state index contributed by atoms with van der Waals surface area (Å²) in [5.74, 6) is 2.07. The fourth-order valence-electron chi connectivity index (χ4n) is 4.73. The van der Waals surface area contributed by atoms with Gasteiger partial charge in [-0.15, -0.1) is 0 Å². The van der Waals surface area contributed by atoms with Crippen LogP contribution < -0.4 is 14.2 Å². The maximum atomic E-state index is 9.57. The zero-order chi connectivity index (χ0) is 19.2. The van der Waals surface area contributed by atoms with Crippen LogP contribution in [0.1, 0.15) is 37.7 Å². The first-order valence-corrected chi connectivity index (χ1v) is 10.1. The van der Waals surface area contributed by atoms with E-state index in [0.29, 0.717) is 23.6 Å². The topological polar surface area (TPSA) is 54.4 Å². The van der Waals surface area contributed by atoms with Crippen LogP contribution in [0.2, 0.25) is 0 Å². The number of hydrogen-bond donors (Lipinski definition) is 1. The van der Waals surface area contributed by atoms with Gasteiger partial charge in [0, 0.05) is 50.4 Å². The molecule has 1 aromatic rings. The van der Waals surface area contributed by atoms with Gasteiger partial charge in [0.25, 0.3) is 0 Å². The highest BCUT2D eigenvalue weighted by Gasteiger charge is 2.33. The van der Waals surface area contributed by atoms with E-state index in [1.54, 1.807) is 21.3 Å². The average molecular weight is 379 g/mol. The third-order valence-corrected chi connectivity index (χ3v) is 6.05. The van der Waals surface area contributed by atoms with Crippen LogP contribution in [0.3, 0.4) is 0 Å². The van der Waals surface area contributed by atoms with Crippen molar-refractivity contribution < 1.29 is 19.3 Å². The Hall–Kier alpha value is -1.50. The van der Waals surface area contributed by atoms with Crippen molar-refractivity contribution in [2.75, 3.05) is 47.6 Å². The van der Waals surface area contributed by atoms with E-state index in [1.807, 2.05) is 6.07 Å². The highest BCUT2D eigenvalue weighted by Crippen LogP contribution is 2.40. The van der Waals surface area contributed by atoms with Crippen molar-refractivity contribution in [3.8, 4) is 17.2 Å². The van der Waals surface area contributed by atoms with Crippen LogP contribution in [-0.4, -0.2) is 74.6 Å². The van der Waals surface area contributed by atoms with E-state index in [-0.39, 0.29) is 6.61 Å². The molecular weight excluding hydrogens is 344 g/mol.